The average Bonchev–Trinajstić information content (AvgIpc) is 3.17. The molecule has 2 aromatic heterocycles. The first kappa shape index (κ1) is 17.8. The predicted molar refractivity (Wildman–Crippen MR) is 93.5 cm³/mol. The number of halogens is 1. The first-order valence-electron chi connectivity index (χ1n) is 7.70. The van der Waals surface area contributed by atoms with Gasteiger partial charge in [0.15, 0.2) is 5.82 Å². The highest BCUT2D eigenvalue weighted by Crippen LogP contribution is 2.17. The summed E-state index contributed by atoms with van der Waals surface area (Å²) >= 11 is 1.31. The highest BCUT2D eigenvalue weighted by Gasteiger charge is 2.06. The second-order valence-corrected chi connectivity index (χ2v) is 6.23. The van der Waals surface area contributed by atoms with Crippen molar-refractivity contribution in [2.75, 3.05) is 12.3 Å². The van der Waals surface area contributed by atoms with Crippen molar-refractivity contribution in [2.45, 2.75) is 11.4 Å². The molecule has 0 radical (unpaired) electrons. The zero-order chi connectivity index (χ0) is 18.4. The van der Waals surface area contributed by atoms with Crippen LogP contribution >= 0.6 is 11.8 Å². The van der Waals surface area contributed by atoms with Crippen molar-refractivity contribution < 1.29 is 9.18 Å². The van der Waals surface area contributed by atoms with Gasteiger partial charge in [-0.05, 0) is 30.3 Å². The monoisotopic (exact) mass is 374 g/mol. The van der Waals surface area contributed by atoms with Gasteiger partial charge in [-0.15, -0.1) is 16.9 Å². The summed E-state index contributed by atoms with van der Waals surface area (Å²) in [5.74, 6) is 0.164. The summed E-state index contributed by atoms with van der Waals surface area (Å²) in [6.45, 7) is 0.491. The van der Waals surface area contributed by atoms with Crippen molar-refractivity contribution >= 4 is 17.7 Å². The van der Waals surface area contributed by atoms with Crippen LogP contribution in [0.3, 0.4) is 0 Å². The topological polar surface area (TPSA) is 94.7 Å². The van der Waals surface area contributed by atoms with Crippen LogP contribution in [-0.4, -0.2) is 42.7 Å². The number of hydrogen-bond donors (Lipinski definition) is 1. The van der Waals surface area contributed by atoms with Crippen LogP contribution in [0, 0.1) is 5.82 Å². The number of carbonyl (C=O) groups excluding carboxylic acids is 1. The number of hydrogen-bond acceptors (Lipinski definition) is 6. The van der Waals surface area contributed by atoms with Crippen LogP contribution in [0.5, 0.6) is 0 Å². The lowest BCUT2D eigenvalue weighted by molar-refractivity contribution is -0.118. The van der Waals surface area contributed by atoms with Crippen LogP contribution in [0.4, 0.5) is 4.39 Å². The molecule has 0 unspecified atom stereocenters. The molecule has 8 nitrogen and oxygen atoms in total. The SMILES string of the molecule is O=C(CSc1ccc(F)cc1)NCCn1nc(-n2cncn2)ccc1=O. The van der Waals surface area contributed by atoms with Gasteiger partial charge in [0.25, 0.3) is 5.56 Å². The van der Waals surface area contributed by atoms with Crippen molar-refractivity contribution in [3.63, 3.8) is 0 Å². The van der Waals surface area contributed by atoms with E-state index in [4.69, 9.17) is 0 Å². The molecule has 134 valence electrons. The number of aromatic nitrogens is 5. The molecule has 1 aromatic carbocycles. The second kappa shape index (κ2) is 8.39. The fourth-order valence-electron chi connectivity index (χ4n) is 2.08. The minimum Gasteiger partial charge on any atom is -0.354 e. The van der Waals surface area contributed by atoms with E-state index in [1.165, 1.54) is 52.0 Å². The molecule has 3 rings (SSSR count). The van der Waals surface area contributed by atoms with Gasteiger partial charge >= 0.3 is 0 Å². The highest BCUT2D eigenvalue weighted by molar-refractivity contribution is 8.00. The average molecular weight is 374 g/mol. The maximum Gasteiger partial charge on any atom is 0.266 e. The van der Waals surface area contributed by atoms with Crippen LogP contribution in [0.25, 0.3) is 5.82 Å². The van der Waals surface area contributed by atoms with E-state index in [9.17, 15) is 14.0 Å². The summed E-state index contributed by atoms with van der Waals surface area (Å²) < 4.78 is 15.5. The maximum atomic E-state index is 12.8. The van der Waals surface area contributed by atoms with Crippen LogP contribution in [0.2, 0.25) is 0 Å². The highest BCUT2D eigenvalue weighted by atomic mass is 32.2. The zero-order valence-corrected chi connectivity index (χ0v) is 14.4. The maximum absolute atomic E-state index is 12.8. The van der Waals surface area contributed by atoms with Crippen molar-refractivity contribution in [3.8, 4) is 5.82 Å². The smallest absolute Gasteiger partial charge is 0.266 e. The largest absolute Gasteiger partial charge is 0.354 e. The predicted octanol–water partition coefficient (Wildman–Crippen LogP) is 0.872. The lowest BCUT2D eigenvalue weighted by Crippen LogP contribution is -2.33. The van der Waals surface area contributed by atoms with E-state index < -0.39 is 0 Å². The third-order valence-corrected chi connectivity index (χ3v) is 4.35. The molecule has 0 fully saturated rings. The normalized spacial score (nSPS) is 10.7. The van der Waals surface area contributed by atoms with Crippen LogP contribution in [0.15, 0.2) is 58.7 Å². The fourth-order valence-corrected chi connectivity index (χ4v) is 2.81. The number of nitrogens with zero attached hydrogens (tertiary/aromatic N) is 5. The van der Waals surface area contributed by atoms with E-state index in [0.29, 0.717) is 5.82 Å². The van der Waals surface area contributed by atoms with E-state index in [0.717, 1.165) is 4.90 Å². The van der Waals surface area contributed by atoms with Crippen molar-refractivity contribution in [1.82, 2.24) is 29.9 Å². The summed E-state index contributed by atoms with van der Waals surface area (Å²) in [5.41, 5.74) is -0.274. The molecule has 0 spiro atoms. The van der Waals surface area contributed by atoms with E-state index in [1.807, 2.05) is 0 Å². The fraction of sp³-hybridized carbons (Fsp3) is 0.188. The lowest BCUT2D eigenvalue weighted by Gasteiger charge is -2.08. The quantitative estimate of drug-likeness (QED) is 0.617. The van der Waals surface area contributed by atoms with Gasteiger partial charge < -0.3 is 5.32 Å². The minimum absolute atomic E-state index is 0.181. The molecule has 1 amide bonds. The Morgan fingerprint density at radius 2 is 2.00 bits per heavy atom. The number of rotatable bonds is 7. The molecular weight excluding hydrogens is 359 g/mol. The molecule has 3 aromatic rings. The molecule has 1 N–H and O–H groups in total. The number of nitrogens with one attached hydrogen (secondary N) is 1. The Morgan fingerprint density at radius 1 is 1.19 bits per heavy atom. The van der Waals surface area contributed by atoms with Crippen molar-refractivity contribution in [1.29, 1.82) is 0 Å². The van der Waals surface area contributed by atoms with Gasteiger partial charge in [-0.1, -0.05) is 0 Å². The summed E-state index contributed by atoms with van der Waals surface area (Å²) in [7, 11) is 0. The van der Waals surface area contributed by atoms with Crippen LogP contribution in [0.1, 0.15) is 0 Å². The molecule has 0 saturated carbocycles. The number of benzene rings is 1. The molecule has 0 aliphatic carbocycles. The van der Waals surface area contributed by atoms with Crippen molar-refractivity contribution in [3.05, 3.63) is 65.2 Å². The summed E-state index contributed by atoms with van der Waals surface area (Å²) in [6, 6.07) is 8.86. The summed E-state index contributed by atoms with van der Waals surface area (Å²) in [4.78, 5) is 28.4. The number of carbonyl (C=O) groups is 1. The molecule has 0 aliphatic rings. The van der Waals surface area contributed by atoms with Crippen LogP contribution in [-0.2, 0) is 11.3 Å². The molecule has 0 atom stereocenters. The van der Waals surface area contributed by atoms with Gasteiger partial charge in [0.2, 0.25) is 5.91 Å². The van der Waals surface area contributed by atoms with Gasteiger partial charge in [-0.3, -0.25) is 9.59 Å². The molecule has 26 heavy (non-hydrogen) atoms. The molecule has 0 bridgehead atoms. The van der Waals surface area contributed by atoms with Gasteiger partial charge in [-0.2, -0.15) is 5.10 Å². The van der Waals surface area contributed by atoms with Crippen LogP contribution < -0.4 is 10.9 Å². The third kappa shape index (κ3) is 4.76. The molecule has 2 heterocycles. The van der Waals surface area contributed by atoms with Crippen molar-refractivity contribution in [2.24, 2.45) is 0 Å². The Bertz CT molecular complexity index is 927. The van der Waals surface area contributed by atoms with Gasteiger partial charge in [0.1, 0.15) is 18.5 Å². The first-order chi connectivity index (χ1) is 12.6. The number of amides is 1. The second-order valence-electron chi connectivity index (χ2n) is 5.19. The molecular formula is C16H15FN6O2S. The van der Waals surface area contributed by atoms with E-state index >= 15 is 0 Å². The van der Waals surface area contributed by atoms with Gasteiger partial charge in [-0.25, -0.2) is 18.7 Å². The van der Waals surface area contributed by atoms with E-state index in [2.05, 4.69) is 20.5 Å². The zero-order valence-electron chi connectivity index (χ0n) is 13.6. The van der Waals surface area contributed by atoms with Gasteiger partial charge in [0.05, 0.1) is 12.3 Å². The first-order valence-corrected chi connectivity index (χ1v) is 8.68. The lowest BCUT2D eigenvalue weighted by atomic mass is 10.4. The molecule has 0 aliphatic heterocycles. The number of thioether (sulfide) groups is 1. The Labute approximate surface area is 152 Å². The third-order valence-electron chi connectivity index (χ3n) is 3.34. The van der Waals surface area contributed by atoms with Gasteiger partial charge in [0, 0.05) is 17.5 Å². The Balaban J connectivity index is 1.49. The standard InChI is InChI=1S/C16H15FN6O2S/c17-12-1-3-13(4-2-12)26-9-15(24)19-7-8-22-16(25)6-5-14(21-22)23-11-18-10-20-23/h1-6,10-11H,7-9H2,(H,19,24). The Hall–Kier alpha value is -3.01. The Morgan fingerprint density at radius 3 is 2.73 bits per heavy atom. The van der Waals surface area contributed by atoms with E-state index in [-0.39, 0.29) is 36.1 Å². The summed E-state index contributed by atoms with van der Waals surface area (Å²) in [5, 5.41) is 10.9. The molecule has 0 saturated heterocycles. The van der Waals surface area contributed by atoms with E-state index in [1.54, 1.807) is 18.2 Å². The minimum atomic E-state index is -0.315. The summed E-state index contributed by atoms with van der Waals surface area (Å²) in [6.07, 6.45) is 2.85. The Kier molecular flexibility index (Phi) is 5.74. The molecule has 10 heteroatoms.